The highest BCUT2D eigenvalue weighted by Gasteiger charge is 2.19. The number of hydrogen-bond donors (Lipinski definition) is 1. The average molecular weight is 296 g/mol. The highest BCUT2D eigenvalue weighted by molar-refractivity contribution is 9.10. The van der Waals surface area contributed by atoms with Gasteiger partial charge in [0.25, 0.3) is 0 Å². The van der Waals surface area contributed by atoms with Gasteiger partial charge < -0.3 is 5.11 Å². The lowest BCUT2D eigenvalue weighted by Crippen LogP contribution is -2.05. The van der Waals surface area contributed by atoms with E-state index in [1.165, 1.54) is 12.1 Å². The molecular weight excluding hydrogens is 282 g/mol. The van der Waals surface area contributed by atoms with E-state index in [1.54, 1.807) is 0 Å². The van der Waals surface area contributed by atoms with Gasteiger partial charge in [0, 0.05) is 10.0 Å². The van der Waals surface area contributed by atoms with Crippen molar-refractivity contribution >= 4 is 27.5 Å². The largest absolute Gasteiger partial charge is 0.388 e. The Balaban J connectivity index is 3.07. The molecule has 0 spiro atoms. The quantitative estimate of drug-likeness (QED) is 0.823. The molecule has 0 heterocycles. The monoisotopic (exact) mass is 294 g/mol. The van der Waals surface area contributed by atoms with Crippen molar-refractivity contribution in [3.05, 3.63) is 33.0 Å². The minimum Gasteiger partial charge on any atom is -0.388 e. The van der Waals surface area contributed by atoms with Crippen LogP contribution in [0.15, 0.2) is 16.6 Å². The second-order valence-electron chi connectivity index (χ2n) is 3.90. The Labute approximate surface area is 102 Å². The Hall–Kier alpha value is -0.120. The minimum absolute atomic E-state index is 0.180. The predicted octanol–water partition coefficient (Wildman–Crippen LogP) is 4.32. The maximum atomic E-state index is 13.5. The van der Waals surface area contributed by atoms with Gasteiger partial charge in [-0.25, -0.2) is 4.39 Å². The van der Waals surface area contributed by atoms with Crippen LogP contribution in [0.3, 0.4) is 0 Å². The van der Waals surface area contributed by atoms with Gasteiger partial charge in [-0.2, -0.15) is 0 Å². The predicted molar refractivity (Wildman–Crippen MR) is 63.5 cm³/mol. The molecule has 0 aliphatic carbocycles. The van der Waals surface area contributed by atoms with Crippen LogP contribution >= 0.6 is 27.5 Å². The van der Waals surface area contributed by atoms with Gasteiger partial charge in [-0.15, -0.1) is 0 Å². The summed E-state index contributed by atoms with van der Waals surface area (Å²) in [6.45, 7) is 3.93. The van der Waals surface area contributed by atoms with E-state index in [9.17, 15) is 9.50 Å². The molecule has 1 aromatic rings. The van der Waals surface area contributed by atoms with E-state index >= 15 is 0 Å². The van der Waals surface area contributed by atoms with E-state index < -0.39 is 11.9 Å². The Morgan fingerprint density at radius 3 is 2.60 bits per heavy atom. The average Bonchev–Trinajstić information content (AvgIpc) is 2.11. The molecule has 1 atom stereocenters. The number of rotatable bonds is 3. The Kier molecular flexibility index (Phi) is 4.56. The Morgan fingerprint density at radius 2 is 2.07 bits per heavy atom. The van der Waals surface area contributed by atoms with Gasteiger partial charge >= 0.3 is 0 Å². The summed E-state index contributed by atoms with van der Waals surface area (Å²) in [6, 6.07) is 2.83. The van der Waals surface area contributed by atoms with E-state index in [4.69, 9.17) is 11.6 Å². The fourth-order valence-corrected chi connectivity index (χ4v) is 2.04. The van der Waals surface area contributed by atoms with Crippen LogP contribution in [-0.4, -0.2) is 5.11 Å². The zero-order chi connectivity index (χ0) is 11.6. The standard InChI is InChI=1S/C11H13BrClFO/c1-6(2)5-9(15)10-8(14)4-3-7(12)11(10)13/h3-4,6,9,15H,5H2,1-2H3. The third kappa shape index (κ3) is 3.16. The van der Waals surface area contributed by atoms with E-state index in [-0.39, 0.29) is 16.5 Å². The first-order chi connectivity index (χ1) is 6.93. The third-order valence-corrected chi connectivity index (χ3v) is 3.40. The molecule has 0 amide bonds. The molecule has 15 heavy (non-hydrogen) atoms. The van der Waals surface area contributed by atoms with Crippen molar-refractivity contribution in [2.75, 3.05) is 0 Å². The first-order valence-electron chi connectivity index (χ1n) is 4.75. The second-order valence-corrected chi connectivity index (χ2v) is 5.13. The molecule has 0 saturated heterocycles. The lowest BCUT2D eigenvalue weighted by atomic mass is 9.99. The fraction of sp³-hybridized carbons (Fsp3) is 0.455. The third-order valence-electron chi connectivity index (χ3n) is 2.11. The van der Waals surface area contributed by atoms with Crippen molar-refractivity contribution in [3.8, 4) is 0 Å². The topological polar surface area (TPSA) is 20.2 Å². The summed E-state index contributed by atoms with van der Waals surface area (Å²) >= 11 is 9.13. The van der Waals surface area contributed by atoms with Crippen molar-refractivity contribution < 1.29 is 9.50 Å². The molecule has 1 nitrogen and oxygen atoms in total. The molecule has 0 fully saturated rings. The van der Waals surface area contributed by atoms with Gasteiger partial charge in [0.15, 0.2) is 0 Å². The molecule has 1 aromatic carbocycles. The van der Waals surface area contributed by atoms with E-state index in [1.807, 2.05) is 13.8 Å². The number of halogens is 3. The number of aliphatic hydroxyl groups is 1. The maximum absolute atomic E-state index is 13.5. The van der Waals surface area contributed by atoms with Gasteiger partial charge in [-0.1, -0.05) is 25.4 Å². The normalized spacial score (nSPS) is 13.3. The smallest absolute Gasteiger partial charge is 0.130 e. The Bertz CT molecular complexity index is 355. The van der Waals surface area contributed by atoms with Crippen LogP contribution in [0, 0.1) is 11.7 Å². The van der Waals surface area contributed by atoms with Crippen LogP contribution in [-0.2, 0) is 0 Å². The lowest BCUT2D eigenvalue weighted by molar-refractivity contribution is 0.147. The van der Waals surface area contributed by atoms with Gasteiger partial charge in [-0.05, 0) is 40.4 Å². The van der Waals surface area contributed by atoms with Crippen LogP contribution < -0.4 is 0 Å². The van der Waals surface area contributed by atoms with Crippen molar-refractivity contribution in [1.82, 2.24) is 0 Å². The molecule has 1 unspecified atom stereocenters. The van der Waals surface area contributed by atoms with Gasteiger partial charge in [-0.3, -0.25) is 0 Å². The summed E-state index contributed by atoms with van der Waals surface area (Å²) in [7, 11) is 0. The van der Waals surface area contributed by atoms with Crippen LogP contribution in [0.4, 0.5) is 4.39 Å². The van der Waals surface area contributed by atoms with Crippen molar-refractivity contribution in [1.29, 1.82) is 0 Å². The van der Waals surface area contributed by atoms with Gasteiger partial charge in [0.2, 0.25) is 0 Å². The molecule has 1 N–H and O–H groups in total. The Morgan fingerprint density at radius 1 is 1.47 bits per heavy atom. The molecular formula is C11H13BrClFO. The highest BCUT2D eigenvalue weighted by atomic mass is 79.9. The number of aliphatic hydroxyl groups excluding tert-OH is 1. The minimum atomic E-state index is -0.852. The van der Waals surface area contributed by atoms with E-state index in [0.717, 1.165) is 0 Å². The highest BCUT2D eigenvalue weighted by Crippen LogP contribution is 2.34. The first kappa shape index (κ1) is 12.9. The van der Waals surface area contributed by atoms with Gasteiger partial charge in [0.1, 0.15) is 5.82 Å². The zero-order valence-corrected chi connectivity index (χ0v) is 10.9. The van der Waals surface area contributed by atoms with Crippen molar-refractivity contribution in [2.45, 2.75) is 26.4 Å². The number of hydrogen-bond acceptors (Lipinski definition) is 1. The molecule has 0 saturated carbocycles. The van der Waals surface area contributed by atoms with Crippen LogP contribution in [0.5, 0.6) is 0 Å². The van der Waals surface area contributed by atoms with Gasteiger partial charge in [0.05, 0.1) is 11.1 Å². The molecule has 0 aliphatic heterocycles. The zero-order valence-electron chi connectivity index (χ0n) is 8.60. The lowest BCUT2D eigenvalue weighted by Gasteiger charge is -2.16. The summed E-state index contributed by atoms with van der Waals surface area (Å²) in [6.07, 6.45) is -0.359. The summed E-state index contributed by atoms with van der Waals surface area (Å²) in [4.78, 5) is 0. The van der Waals surface area contributed by atoms with Crippen LogP contribution in [0.2, 0.25) is 5.02 Å². The summed E-state index contributed by atoms with van der Waals surface area (Å²) in [5.41, 5.74) is 0.180. The molecule has 0 bridgehead atoms. The van der Waals surface area contributed by atoms with E-state index in [2.05, 4.69) is 15.9 Å². The molecule has 0 radical (unpaired) electrons. The summed E-state index contributed by atoms with van der Waals surface area (Å²) in [5.74, 6) is -0.175. The molecule has 0 aromatic heterocycles. The van der Waals surface area contributed by atoms with Crippen molar-refractivity contribution in [2.24, 2.45) is 5.92 Å². The first-order valence-corrected chi connectivity index (χ1v) is 5.92. The maximum Gasteiger partial charge on any atom is 0.130 e. The second kappa shape index (κ2) is 5.28. The number of benzene rings is 1. The summed E-state index contributed by atoms with van der Waals surface area (Å²) in [5, 5.41) is 10.1. The SMILES string of the molecule is CC(C)CC(O)c1c(F)ccc(Br)c1Cl. The molecule has 84 valence electrons. The van der Waals surface area contributed by atoms with E-state index in [0.29, 0.717) is 10.9 Å². The fourth-order valence-electron chi connectivity index (χ4n) is 1.41. The summed E-state index contributed by atoms with van der Waals surface area (Å²) < 4.78 is 14.1. The molecule has 1 rings (SSSR count). The molecule has 0 aliphatic rings. The van der Waals surface area contributed by atoms with Crippen LogP contribution in [0.1, 0.15) is 31.9 Å². The molecule has 4 heteroatoms. The van der Waals surface area contributed by atoms with Crippen LogP contribution in [0.25, 0.3) is 0 Å². The van der Waals surface area contributed by atoms with Crippen molar-refractivity contribution in [3.63, 3.8) is 0 Å².